The van der Waals surface area contributed by atoms with E-state index in [4.69, 9.17) is 21.4 Å². The van der Waals surface area contributed by atoms with Crippen molar-refractivity contribution in [3.05, 3.63) is 54.1 Å². The summed E-state index contributed by atoms with van der Waals surface area (Å²) in [7, 11) is 0. The summed E-state index contributed by atoms with van der Waals surface area (Å²) in [5.74, 6) is -2.60. The number of aliphatic carboxylic acids is 1. The SMILES string of the molecule is CC(=O)N[C@@H](CCCCN)C(=O)Nc1ccc(C(=O)NCC(N)=O)c(-c2ccccc2)c1.CC(=O)O. The van der Waals surface area contributed by atoms with Gasteiger partial charge in [0.05, 0.1) is 6.54 Å². The van der Waals surface area contributed by atoms with E-state index < -0.39 is 23.8 Å². The number of benzene rings is 2. The number of nitrogens with one attached hydrogen (secondary N) is 3. The lowest BCUT2D eigenvalue weighted by molar-refractivity contribution is -0.134. The number of carboxylic acids is 1. The van der Waals surface area contributed by atoms with Gasteiger partial charge in [0.1, 0.15) is 6.04 Å². The van der Waals surface area contributed by atoms with Crippen molar-refractivity contribution in [3.63, 3.8) is 0 Å². The van der Waals surface area contributed by atoms with Crippen LogP contribution in [0.1, 0.15) is 43.5 Å². The van der Waals surface area contributed by atoms with E-state index in [9.17, 15) is 19.2 Å². The maximum absolute atomic E-state index is 12.8. The van der Waals surface area contributed by atoms with Gasteiger partial charge >= 0.3 is 0 Å². The van der Waals surface area contributed by atoms with Crippen molar-refractivity contribution in [1.82, 2.24) is 10.6 Å². The van der Waals surface area contributed by atoms with Gasteiger partial charge in [-0.2, -0.15) is 0 Å². The van der Waals surface area contributed by atoms with Crippen molar-refractivity contribution in [3.8, 4) is 11.1 Å². The Balaban J connectivity index is 0.00000150. The Morgan fingerprint density at radius 3 is 2.17 bits per heavy atom. The average molecular weight is 500 g/mol. The van der Waals surface area contributed by atoms with Gasteiger partial charge in [0, 0.05) is 25.1 Å². The largest absolute Gasteiger partial charge is 0.481 e. The second kappa shape index (κ2) is 15.6. The lowest BCUT2D eigenvalue weighted by Crippen LogP contribution is -2.42. The van der Waals surface area contributed by atoms with Crippen LogP contribution in [-0.4, -0.2) is 53.8 Å². The Kier molecular flexibility index (Phi) is 12.9. The molecule has 0 spiro atoms. The topological polar surface area (TPSA) is 194 Å². The molecule has 11 nitrogen and oxygen atoms in total. The molecule has 0 aliphatic carbocycles. The van der Waals surface area contributed by atoms with E-state index in [1.165, 1.54) is 6.92 Å². The second-order valence-corrected chi connectivity index (χ2v) is 7.82. The highest BCUT2D eigenvalue weighted by Gasteiger charge is 2.20. The molecule has 1 atom stereocenters. The van der Waals surface area contributed by atoms with Gasteiger partial charge in [0.2, 0.25) is 17.7 Å². The number of carboxylic acid groups (broad SMARTS) is 1. The first kappa shape index (κ1) is 29.8. The van der Waals surface area contributed by atoms with Gasteiger partial charge < -0.3 is 32.5 Å². The van der Waals surface area contributed by atoms with Crippen LogP contribution in [-0.2, 0) is 19.2 Å². The lowest BCUT2D eigenvalue weighted by Gasteiger charge is -2.18. The Hall–Kier alpha value is -4.25. The first-order valence-corrected chi connectivity index (χ1v) is 11.3. The fraction of sp³-hybridized carbons (Fsp3) is 0.320. The van der Waals surface area contributed by atoms with E-state index >= 15 is 0 Å². The van der Waals surface area contributed by atoms with Crippen molar-refractivity contribution in [1.29, 1.82) is 0 Å². The molecular formula is C25H33N5O6. The van der Waals surface area contributed by atoms with Gasteiger partial charge in [-0.3, -0.25) is 24.0 Å². The zero-order valence-corrected chi connectivity index (χ0v) is 20.4. The minimum absolute atomic E-state index is 0.285. The fourth-order valence-corrected chi connectivity index (χ4v) is 3.18. The van der Waals surface area contributed by atoms with Gasteiger partial charge in [-0.15, -0.1) is 0 Å². The van der Waals surface area contributed by atoms with Crippen LogP contribution in [0, 0.1) is 0 Å². The van der Waals surface area contributed by atoms with Crippen LogP contribution >= 0.6 is 0 Å². The van der Waals surface area contributed by atoms with Crippen LogP contribution in [0.4, 0.5) is 5.69 Å². The first-order chi connectivity index (χ1) is 17.0. The molecule has 0 heterocycles. The minimum Gasteiger partial charge on any atom is -0.481 e. The molecule has 0 aliphatic rings. The van der Waals surface area contributed by atoms with E-state index in [0.29, 0.717) is 36.2 Å². The number of hydrogen-bond donors (Lipinski definition) is 6. The van der Waals surface area contributed by atoms with Crippen molar-refractivity contribution in [2.45, 2.75) is 39.2 Å². The van der Waals surface area contributed by atoms with Gasteiger partial charge in [-0.25, -0.2) is 0 Å². The van der Waals surface area contributed by atoms with Crippen LogP contribution in [0.3, 0.4) is 0 Å². The number of anilines is 1. The van der Waals surface area contributed by atoms with Crippen molar-refractivity contribution < 1.29 is 29.1 Å². The summed E-state index contributed by atoms with van der Waals surface area (Å²) < 4.78 is 0. The molecule has 36 heavy (non-hydrogen) atoms. The fourth-order valence-electron chi connectivity index (χ4n) is 3.18. The number of hydrogen-bond acceptors (Lipinski definition) is 6. The molecule has 2 rings (SSSR count). The quantitative estimate of drug-likeness (QED) is 0.250. The van der Waals surface area contributed by atoms with E-state index in [2.05, 4.69) is 16.0 Å². The predicted octanol–water partition coefficient (Wildman–Crippen LogP) is 1.23. The number of rotatable bonds is 11. The van der Waals surface area contributed by atoms with Crippen molar-refractivity contribution >= 4 is 35.3 Å². The van der Waals surface area contributed by atoms with Crippen molar-refractivity contribution in [2.24, 2.45) is 11.5 Å². The number of primary amides is 1. The normalized spacial score (nSPS) is 10.8. The molecule has 11 heteroatoms. The number of nitrogens with two attached hydrogens (primary N) is 2. The molecular weight excluding hydrogens is 466 g/mol. The molecule has 0 bridgehead atoms. The first-order valence-electron chi connectivity index (χ1n) is 11.3. The molecule has 0 unspecified atom stereocenters. The number of carbonyl (C=O) groups excluding carboxylic acids is 4. The Morgan fingerprint density at radius 1 is 0.972 bits per heavy atom. The number of amides is 4. The Morgan fingerprint density at radius 2 is 1.61 bits per heavy atom. The van der Waals surface area contributed by atoms with E-state index in [1.54, 1.807) is 18.2 Å². The number of carbonyl (C=O) groups is 5. The summed E-state index contributed by atoms with van der Waals surface area (Å²) in [6.07, 6.45) is 1.90. The molecule has 0 saturated carbocycles. The molecule has 4 amide bonds. The molecule has 2 aromatic rings. The highest BCUT2D eigenvalue weighted by molar-refractivity contribution is 6.04. The highest BCUT2D eigenvalue weighted by atomic mass is 16.4. The summed E-state index contributed by atoms with van der Waals surface area (Å²) in [5, 5.41) is 15.4. The monoisotopic (exact) mass is 499 g/mol. The maximum atomic E-state index is 12.8. The molecule has 8 N–H and O–H groups in total. The molecule has 0 fully saturated rings. The lowest BCUT2D eigenvalue weighted by atomic mass is 9.98. The standard InChI is InChI=1S/C23H29N5O4.C2H4O2/c1-15(29)27-20(9-5-6-12-24)23(32)28-17-10-11-18(22(31)26-14-21(25)30)19(13-17)16-7-3-2-4-8-16;1-2(3)4/h2-4,7-8,10-11,13,20H,5-6,9,12,14,24H2,1H3,(H2,25,30)(H,26,31)(H,27,29)(H,28,32);1H3,(H,3,4)/t20-;/m0./s1. The summed E-state index contributed by atoms with van der Waals surface area (Å²) in [6.45, 7) is 2.66. The summed E-state index contributed by atoms with van der Waals surface area (Å²) in [6, 6.07) is 13.3. The summed E-state index contributed by atoms with van der Waals surface area (Å²) in [4.78, 5) is 56.9. The van der Waals surface area contributed by atoms with Crippen LogP contribution in [0.15, 0.2) is 48.5 Å². The van der Waals surface area contributed by atoms with Crippen LogP contribution in [0.25, 0.3) is 11.1 Å². The second-order valence-electron chi connectivity index (χ2n) is 7.82. The number of unbranched alkanes of at least 4 members (excludes halogenated alkanes) is 1. The molecule has 0 aromatic heterocycles. The summed E-state index contributed by atoms with van der Waals surface area (Å²) in [5.41, 5.74) is 12.8. The summed E-state index contributed by atoms with van der Waals surface area (Å²) >= 11 is 0. The third-order valence-corrected chi connectivity index (χ3v) is 4.68. The van der Waals surface area contributed by atoms with Gasteiger partial charge in [0.15, 0.2) is 0 Å². The zero-order chi connectivity index (χ0) is 27.1. The Labute approximate surface area is 209 Å². The predicted molar refractivity (Wildman–Crippen MR) is 136 cm³/mol. The van der Waals surface area contributed by atoms with Gasteiger partial charge in [-0.1, -0.05) is 30.3 Å². The molecule has 194 valence electrons. The Bertz CT molecular complexity index is 1050. The van der Waals surface area contributed by atoms with Crippen molar-refractivity contribution in [2.75, 3.05) is 18.4 Å². The third kappa shape index (κ3) is 11.3. The highest BCUT2D eigenvalue weighted by Crippen LogP contribution is 2.27. The van der Waals surface area contributed by atoms with E-state index in [0.717, 1.165) is 18.9 Å². The maximum Gasteiger partial charge on any atom is 0.300 e. The van der Waals surface area contributed by atoms with Crippen LogP contribution < -0.4 is 27.4 Å². The van der Waals surface area contributed by atoms with E-state index in [1.807, 2.05) is 30.3 Å². The molecule has 0 radical (unpaired) electrons. The van der Waals surface area contributed by atoms with Crippen LogP contribution in [0.2, 0.25) is 0 Å². The van der Waals surface area contributed by atoms with Gasteiger partial charge in [-0.05, 0) is 55.1 Å². The smallest absolute Gasteiger partial charge is 0.300 e. The van der Waals surface area contributed by atoms with Gasteiger partial charge in [0.25, 0.3) is 11.9 Å². The third-order valence-electron chi connectivity index (χ3n) is 4.68. The van der Waals surface area contributed by atoms with E-state index in [-0.39, 0.29) is 18.4 Å². The van der Waals surface area contributed by atoms with Crippen LogP contribution in [0.5, 0.6) is 0 Å². The molecule has 0 aliphatic heterocycles. The zero-order valence-electron chi connectivity index (χ0n) is 20.4. The molecule has 0 saturated heterocycles. The minimum atomic E-state index is -0.833. The molecule has 2 aromatic carbocycles. The average Bonchev–Trinajstić information content (AvgIpc) is 2.82.